The van der Waals surface area contributed by atoms with E-state index in [1.807, 2.05) is 0 Å². The second-order valence-electron chi connectivity index (χ2n) is 4.22. The first-order chi connectivity index (χ1) is 9.56. The number of nitrogens with one attached hydrogen (secondary N) is 1. The first-order valence-electron chi connectivity index (χ1n) is 5.73. The van der Waals surface area contributed by atoms with Crippen LogP contribution in [0.1, 0.15) is 10.4 Å². The molecule has 0 atom stereocenters. The minimum Gasteiger partial charge on any atom is -0.478 e. The lowest BCUT2D eigenvalue weighted by atomic mass is 10.2. The highest BCUT2D eigenvalue weighted by atomic mass is 79.9. The van der Waals surface area contributed by atoms with Crippen molar-refractivity contribution >= 4 is 32.9 Å². The molecule has 0 saturated carbocycles. The smallest absolute Gasteiger partial charge is 0.337 e. The fourth-order valence-electron chi connectivity index (χ4n) is 2.01. The molecule has 6 heteroatoms. The van der Waals surface area contributed by atoms with Crippen molar-refractivity contribution in [2.24, 2.45) is 0 Å². The van der Waals surface area contributed by atoms with Crippen molar-refractivity contribution in [1.29, 1.82) is 0 Å². The first-order valence-corrected chi connectivity index (χ1v) is 6.53. The highest BCUT2D eigenvalue weighted by Gasteiger charge is 2.14. The number of halogens is 2. The number of carboxylic acids is 1. The number of aromatic nitrogens is 2. The van der Waals surface area contributed by atoms with Crippen LogP contribution in [0, 0.1) is 5.82 Å². The van der Waals surface area contributed by atoms with Gasteiger partial charge in [-0.1, -0.05) is 6.07 Å². The van der Waals surface area contributed by atoms with Crippen LogP contribution in [-0.2, 0) is 0 Å². The van der Waals surface area contributed by atoms with Crippen molar-refractivity contribution in [3.05, 3.63) is 52.3 Å². The Morgan fingerprint density at radius 1 is 1.30 bits per heavy atom. The molecule has 100 valence electrons. The van der Waals surface area contributed by atoms with Gasteiger partial charge in [-0.05, 0) is 46.3 Å². The number of nitrogens with zero attached hydrogens (tertiary/aromatic N) is 1. The van der Waals surface area contributed by atoms with Gasteiger partial charge in [0, 0.05) is 10.0 Å². The molecule has 0 aliphatic rings. The molecule has 0 unspecified atom stereocenters. The van der Waals surface area contributed by atoms with E-state index in [2.05, 4.69) is 25.9 Å². The lowest BCUT2D eigenvalue weighted by Gasteiger charge is -2.00. The SMILES string of the molecule is O=C(O)c1cccc2[nH]c(-c3ccc(F)cc3Br)nc12. The third kappa shape index (κ3) is 2.08. The molecule has 2 N–H and O–H groups in total. The zero-order valence-electron chi connectivity index (χ0n) is 10.0. The van der Waals surface area contributed by atoms with Crippen LogP contribution in [-0.4, -0.2) is 21.0 Å². The van der Waals surface area contributed by atoms with Gasteiger partial charge in [-0.15, -0.1) is 0 Å². The summed E-state index contributed by atoms with van der Waals surface area (Å²) >= 11 is 3.27. The Balaban J connectivity index is 2.23. The predicted molar refractivity (Wildman–Crippen MR) is 76.1 cm³/mol. The molecule has 0 spiro atoms. The standard InChI is InChI=1S/C14H8BrFN2O2/c15-10-6-7(16)4-5-8(10)13-17-11-3-1-2-9(14(19)20)12(11)18-13/h1-6H,(H,17,18)(H,19,20). The molecule has 3 rings (SSSR count). The van der Waals surface area contributed by atoms with E-state index >= 15 is 0 Å². The Morgan fingerprint density at radius 2 is 2.10 bits per heavy atom. The fraction of sp³-hybridized carbons (Fsp3) is 0. The van der Waals surface area contributed by atoms with Gasteiger partial charge >= 0.3 is 5.97 Å². The van der Waals surface area contributed by atoms with Crippen molar-refractivity contribution in [2.45, 2.75) is 0 Å². The van der Waals surface area contributed by atoms with E-state index in [1.54, 1.807) is 18.2 Å². The Morgan fingerprint density at radius 3 is 2.80 bits per heavy atom. The third-order valence-corrected chi connectivity index (χ3v) is 3.59. The molecule has 3 aromatic rings. The molecule has 0 aliphatic heterocycles. The number of carboxylic acid groups (broad SMARTS) is 1. The number of hydrogen-bond acceptors (Lipinski definition) is 2. The van der Waals surface area contributed by atoms with Gasteiger partial charge in [-0.25, -0.2) is 14.2 Å². The maximum Gasteiger partial charge on any atom is 0.337 e. The minimum atomic E-state index is -1.04. The fourth-order valence-corrected chi connectivity index (χ4v) is 2.55. The molecular weight excluding hydrogens is 327 g/mol. The maximum atomic E-state index is 13.1. The molecule has 0 radical (unpaired) electrons. The van der Waals surface area contributed by atoms with Gasteiger partial charge in [0.05, 0.1) is 11.1 Å². The zero-order chi connectivity index (χ0) is 14.3. The summed E-state index contributed by atoms with van der Waals surface area (Å²) in [5.74, 6) is -0.907. The average molecular weight is 335 g/mol. The van der Waals surface area contributed by atoms with Crippen molar-refractivity contribution in [1.82, 2.24) is 9.97 Å². The van der Waals surface area contributed by atoms with E-state index < -0.39 is 5.97 Å². The summed E-state index contributed by atoms with van der Waals surface area (Å²) in [6.45, 7) is 0. The molecule has 0 fully saturated rings. The van der Waals surface area contributed by atoms with E-state index in [0.717, 1.165) is 0 Å². The summed E-state index contributed by atoms with van der Waals surface area (Å²) in [5, 5.41) is 9.14. The monoisotopic (exact) mass is 334 g/mol. The number of fused-ring (bicyclic) bond motifs is 1. The molecule has 20 heavy (non-hydrogen) atoms. The Hall–Kier alpha value is -2.21. The molecule has 0 aliphatic carbocycles. The van der Waals surface area contributed by atoms with E-state index in [-0.39, 0.29) is 11.4 Å². The predicted octanol–water partition coefficient (Wildman–Crippen LogP) is 3.83. The van der Waals surface area contributed by atoms with Gasteiger partial charge in [-0.3, -0.25) is 0 Å². The molecule has 1 heterocycles. The van der Waals surface area contributed by atoms with Crippen molar-refractivity contribution in [3.8, 4) is 11.4 Å². The second kappa shape index (κ2) is 4.72. The highest BCUT2D eigenvalue weighted by Crippen LogP contribution is 2.29. The van der Waals surface area contributed by atoms with Crippen LogP contribution in [0.5, 0.6) is 0 Å². The van der Waals surface area contributed by atoms with Crippen LogP contribution in [0.3, 0.4) is 0 Å². The van der Waals surface area contributed by atoms with Crippen molar-refractivity contribution in [2.75, 3.05) is 0 Å². The number of H-pyrrole nitrogens is 1. The number of carbonyl (C=O) groups is 1. The molecule has 0 saturated heterocycles. The Kier molecular flexibility index (Phi) is 3.02. The second-order valence-corrected chi connectivity index (χ2v) is 5.07. The van der Waals surface area contributed by atoms with Gasteiger partial charge < -0.3 is 10.1 Å². The minimum absolute atomic E-state index is 0.128. The van der Waals surface area contributed by atoms with Crippen LogP contribution in [0.15, 0.2) is 40.9 Å². The average Bonchev–Trinajstić information content (AvgIpc) is 2.81. The van der Waals surface area contributed by atoms with Crippen molar-refractivity contribution in [3.63, 3.8) is 0 Å². The zero-order valence-corrected chi connectivity index (χ0v) is 11.6. The number of imidazole rings is 1. The number of aromatic amines is 1. The summed E-state index contributed by atoms with van der Waals surface area (Å²) < 4.78 is 13.6. The van der Waals surface area contributed by atoms with E-state index in [1.165, 1.54) is 18.2 Å². The summed E-state index contributed by atoms with van der Waals surface area (Å²) in [5.41, 5.74) is 1.80. The molecule has 0 amide bonds. The molecule has 4 nitrogen and oxygen atoms in total. The molecular formula is C14H8BrFN2O2. The Bertz CT molecular complexity index is 829. The normalized spacial score (nSPS) is 10.9. The molecule has 1 aromatic heterocycles. The summed E-state index contributed by atoms with van der Waals surface area (Å²) in [7, 11) is 0. The van der Waals surface area contributed by atoms with Crippen LogP contribution in [0.2, 0.25) is 0 Å². The third-order valence-electron chi connectivity index (χ3n) is 2.93. The Labute approximate surface area is 121 Å². The van der Waals surface area contributed by atoms with E-state index in [4.69, 9.17) is 5.11 Å². The van der Waals surface area contributed by atoms with Gasteiger partial charge in [0.25, 0.3) is 0 Å². The lowest BCUT2D eigenvalue weighted by molar-refractivity contribution is 0.0699. The van der Waals surface area contributed by atoms with Crippen LogP contribution in [0.25, 0.3) is 22.4 Å². The summed E-state index contributed by atoms with van der Waals surface area (Å²) in [6.07, 6.45) is 0. The largest absolute Gasteiger partial charge is 0.478 e. The topological polar surface area (TPSA) is 66.0 Å². The number of para-hydroxylation sites is 1. The number of aromatic carboxylic acids is 1. The number of hydrogen-bond donors (Lipinski definition) is 2. The van der Waals surface area contributed by atoms with E-state index in [0.29, 0.717) is 26.9 Å². The van der Waals surface area contributed by atoms with Crippen LogP contribution in [0.4, 0.5) is 4.39 Å². The maximum absolute atomic E-state index is 13.1. The van der Waals surface area contributed by atoms with E-state index in [9.17, 15) is 9.18 Å². The van der Waals surface area contributed by atoms with Gasteiger partial charge in [0.2, 0.25) is 0 Å². The molecule has 2 aromatic carbocycles. The van der Waals surface area contributed by atoms with Crippen molar-refractivity contribution < 1.29 is 14.3 Å². The van der Waals surface area contributed by atoms with Gasteiger partial charge in [0.15, 0.2) is 0 Å². The quantitative estimate of drug-likeness (QED) is 0.748. The summed E-state index contributed by atoms with van der Waals surface area (Å²) in [6, 6.07) is 9.13. The van der Waals surface area contributed by atoms with Gasteiger partial charge in [0.1, 0.15) is 17.2 Å². The van der Waals surface area contributed by atoms with Crippen LogP contribution >= 0.6 is 15.9 Å². The van der Waals surface area contributed by atoms with Gasteiger partial charge in [-0.2, -0.15) is 0 Å². The summed E-state index contributed by atoms with van der Waals surface area (Å²) in [4.78, 5) is 18.5. The van der Waals surface area contributed by atoms with Crippen LogP contribution < -0.4 is 0 Å². The lowest BCUT2D eigenvalue weighted by Crippen LogP contribution is -1.96. The number of rotatable bonds is 2. The molecule has 0 bridgehead atoms. The number of benzene rings is 2. The first kappa shape index (κ1) is 12.8. The highest BCUT2D eigenvalue weighted by molar-refractivity contribution is 9.10.